The fourth-order valence-electron chi connectivity index (χ4n) is 7.63. The van der Waals surface area contributed by atoms with E-state index in [1.165, 1.54) is 16.7 Å². The van der Waals surface area contributed by atoms with Gasteiger partial charge >= 0.3 is 0 Å². The molecule has 1 aromatic carbocycles. The van der Waals surface area contributed by atoms with Gasteiger partial charge in [0.1, 0.15) is 5.60 Å². The quantitative estimate of drug-likeness (QED) is 0.599. The zero-order valence-electron chi connectivity index (χ0n) is 19.8. The number of ketones is 1. The van der Waals surface area contributed by atoms with Crippen LogP contribution in [0.25, 0.3) is 0 Å². The standard InChI is InChI=1S/C29H35NO2/c1-5-14-29(32)18(2)15-26-24-12-8-20-16-22(31)11-13-23(20)27(24)25(17-28(26,29)3)19-6-9-21(30-4)10-7-19/h6-7,9-10,16,18,24-26,30,32H,8,11-13,15,17H2,1-4H3/t18-,24+,25-,26+,28+,29?/m1/s1. The Morgan fingerprint density at radius 2 is 1.91 bits per heavy atom. The fraction of sp³-hybridized carbons (Fsp3) is 0.552. The second-order valence-corrected chi connectivity index (χ2v) is 10.6. The number of carbonyl (C=O) groups is 1. The molecule has 2 saturated carbocycles. The number of allylic oxidation sites excluding steroid dienone is 4. The lowest BCUT2D eigenvalue weighted by Gasteiger charge is -2.54. The lowest BCUT2D eigenvalue weighted by atomic mass is 9.51. The van der Waals surface area contributed by atoms with E-state index in [4.69, 9.17) is 0 Å². The van der Waals surface area contributed by atoms with Gasteiger partial charge in [-0.15, -0.1) is 5.92 Å². The summed E-state index contributed by atoms with van der Waals surface area (Å²) in [5.41, 5.74) is 5.53. The molecule has 6 atom stereocenters. The largest absolute Gasteiger partial charge is 0.388 e. The van der Waals surface area contributed by atoms with Crippen LogP contribution in [0.4, 0.5) is 5.69 Å². The molecule has 1 aromatic rings. The molecule has 0 heterocycles. The van der Waals surface area contributed by atoms with Crippen LogP contribution in [0.2, 0.25) is 0 Å². The van der Waals surface area contributed by atoms with Crippen LogP contribution in [0, 0.1) is 35.0 Å². The van der Waals surface area contributed by atoms with E-state index in [1.54, 1.807) is 5.57 Å². The van der Waals surface area contributed by atoms with E-state index in [2.05, 4.69) is 55.3 Å². The molecule has 4 aliphatic rings. The van der Waals surface area contributed by atoms with Crippen molar-refractivity contribution in [1.29, 1.82) is 0 Å². The molecule has 2 N–H and O–H groups in total. The number of hydrogen-bond acceptors (Lipinski definition) is 3. The van der Waals surface area contributed by atoms with Crippen molar-refractivity contribution in [3.05, 3.63) is 52.6 Å². The zero-order valence-corrected chi connectivity index (χ0v) is 19.8. The Kier molecular flexibility index (Phi) is 5.13. The van der Waals surface area contributed by atoms with Crippen LogP contribution in [0.3, 0.4) is 0 Å². The first kappa shape index (κ1) is 21.5. The number of anilines is 1. The van der Waals surface area contributed by atoms with Crippen LogP contribution in [0.1, 0.15) is 70.8 Å². The number of hydrogen-bond donors (Lipinski definition) is 2. The van der Waals surface area contributed by atoms with Crippen LogP contribution in [-0.2, 0) is 4.79 Å². The minimum absolute atomic E-state index is 0.159. The molecule has 0 radical (unpaired) electrons. The molecule has 4 aliphatic carbocycles. The maximum absolute atomic E-state index is 12.2. The predicted octanol–water partition coefficient (Wildman–Crippen LogP) is 5.63. The van der Waals surface area contributed by atoms with Crippen LogP contribution in [0.15, 0.2) is 47.1 Å². The van der Waals surface area contributed by atoms with Crippen molar-refractivity contribution in [1.82, 2.24) is 0 Å². The van der Waals surface area contributed by atoms with E-state index in [0.717, 1.165) is 37.8 Å². The van der Waals surface area contributed by atoms with E-state index in [9.17, 15) is 9.90 Å². The van der Waals surface area contributed by atoms with Gasteiger partial charge in [-0.2, -0.15) is 0 Å². The third-order valence-electron chi connectivity index (χ3n) is 9.23. The Morgan fingerprint density at radius 3 is 2.59 bits per heavy atom. The van der Waals surface area contributed by atoms with Crippen molar-refractivity contribution >= 4 is 11.5 Å². The Morgan fingerprint density at radius 1 is 1.16 bits per heavy atom. The van der Waals surface area contributed by atoms with Gasteiger partial charge < -0.3 is 10.4 Å². The average molecular weight is 430 g/mol. The van der Waals surface area contributed by atoms with Gasteiger partial charge in [0, 0.05) is 30.5 Å². The molecule has 0 aliphatic heterocycles. The van der Waals surface area contributed by atoms with Crippen LogP contribution < -0.4 is 5.32 Å². The summed E-state index contributed by atoms with van der Waals surface area (Å²) in [4.78, 5) is 12.2. The molecule has 0 saturated heterocycles. The average Bonchev–Trinajstić information content (AvgIpc) is 2.99. The maximum Gasteiger partial charge on any atom is 0.156 e. The van der Waals surface area contributed by atoms with E-state index in [0.29, 0.717) is 18.3 Å². The van der Waals surface area contributed by atoms with E-state index >= 15 is 0 Å². The zero-order chi connectivity index (χ0) is 22.7. The van der Waals surface area contributed by atoms with Gasteiger partial charge in [0.05, 0.1) is 0 Å². The van der Waals surface area contributed by atoms with Gasteiger partial charge in [-0.1, -0.05) is 37.5 Å². The molecule has 32 heavy (non-hydrogen) atoms. The number of carbonyl (C=O) groups excluding carboxylic acids is 1. The monoisotopic (exact) mass is 429 g/mol. The lowest BCUT2D eigenvalue weighted by molar-refractivity contribution is -0.114. The molecule has 0 amide bonds. The minimum atomic E-state index is -0.954. The predicted molar refractivity (Wildman–Crippen MR) is 129 cm³/mol. The number of fused-ring (bicyclic) bond motifs is 4. The first-order chi connectivity index (χ1) is 15.3. The second kappa shape index (κ2) is 7.63. The highest BCUT2D eigenvalue weighted by Crippen LogP contribution is 2.67. The molecule has 168 valence electrons. The van der Waals surface area contributed by atoms with Crippen molar-refractivity contribution in [3.63, 3.8) is 0 Å². The molecular weight excluding hydrogens is 394 g/mol. The Bertz CT molecular complexity index is 1070. The summed E-state index contributed by atoms with van der Waals surface area (Å²) in [7, 11) is 1.95. The number of aliphatic hydroxyl groups is 1. The third-order valence-corrected chi connectivity index (χ3v) is 9.23. The third kappa shape index (κ3) is 2.96. The first-order valence-corrected chi connectivity index (χ1v) is 12.2. The second-order valence-electron chi connectivity index (χ2n) is 10.6. The highest BCUT2D eigenvalue weighted by molar-refractivity contribution is 5.93. The summed E-state index contributed by atoms with van der Waals surface area (Å²) >= 11 is 0. The van der Waals surface area contributed by atoms with Gasteiger partial charge in [-0.3, -0.25) is 4.79 Å². The number of nitrogens with one attached hydrogen (secondary N) is 1. The first-order valence-electron chi connectivity index (χ1n) is 12.2. The lowest BCUT2D eigenvalue weighted by Crippen LogP contribution is -2.52. The summed E-state index contributed by atoms with van der Waals surface area (Å²) in [6.07, 6.45) is 7.41. The molecule has 2 fully saturated rings. The topological polar surface area (TPSA) is 49.3 Å². The van der Waals surface area contributed by atoms with Crippen LogP contribution in [0.5, 0.6) is 0 Å². The highest BCUT2D eigenvalue weighted by Gasteiger charge is 2.65. The molecule has 0 aromatic heterocycles. The Balaban J connectivity index is 1.70. The van der Waals surface area contributed by atoms with Crippen molar-refractivity contribution in [2.45, 2.75) is 70.8 Å². The van der Waals surface area contributed by atoms with E-state index < -0.39 is 5.60 Å². The molecular formula is C29H35NO2. The van der Waals surface area contributed by atoms with Gasteiger partial charge in [0.2, 0.25) is 0 Å². The summed E-state index contributed by atoms with van der Waals surface area (Å²) in [5.74, 6) is 7.93. The van der Waals surface area contributed by atoms with Crippen molar-refractivity contribution in [3.8, 4) is 11.8 Å². The molecule has 3 heteroatoms. The summed E-state index contributed by atoms with van der Waals surface area (Å²) < 4.78 is 0. The minimum Gasteiger partial charge on any atom is -0.388 e. The normalized spacial score (nSPS) is 38.2. The summed E-state index contributed by atoms with van der Waals surface area (Å²) in [5, 5.41) is 15.2. The fourth-order valence-corrected chi connectivity index (χ4v) is 7.63. The van der Waals surface area contributed by atoms with Crippen molar-refractivity contribution < 1.29 is 9.90 Å². The summed E-state index contributed by atoms with van der Waals surface area (Å²) in [6.45, 7) is 6.34. The smallest absolute Gasteiger partial charge is 0.156 e. The van der Waals surface area contributed by atoms with Crippen LogP contribution >= 0.6 is 0 Å². The number of benzene rings is 1. The Hall–Kier alpha value is -2.31. The number of rotatable bonds is 2. The molecule has 5 rings (SSSR count). The SMILES string of the molecule is CC#CC1(O)[C@H](C)C[C@H]2[C@@H]3CCC4=CC(=O)CCC4=C3[C@@H](c3ccc(NC)cc3)C[C@@]21C. The van der Waals surface area contributed by atoms with Crippen molar-refractivity contribution in [2.75, 3.05) is 12.4 Å². The van der Waals surface area contributed by atoms with Gasteiger partial charge in [0.15, 0.2) is 5.78 Å². The molecule has 3 nitrogen and oxygen atoms in total. The van der Waals surface area contributed by atoms with Gasteiger partial charge in [-0.25, -0.2) is 0 Å². The van der Waals surface area contributed by atoms with Crippen LogP contribution in [-0.4, -0.2) is 23.5 Å². The van der Waals surface area contributed by atoms with E-state index in [-0.39, 0.29) is 23.0 Å². The highest BCUT2D eigenvalue weighted by atomic mass is 16.3. The Labute approximate surface area is 192 Å². The maximum atomic E-state index is 12.2. The molecule has 1 unspecified atom stereocenters. The molecule has 0 bridgehead atoms. The van der Waals surface area contributed by atoms with Gasteiger partial charge in [-0.05, 0) is 91.7 Å². The summed E-state index contributed by atoms with van der Waals surface area (Å²) in [6, 6.07) is 8.81. The molecule has 0 spiro atoms. The van der Waals surface area contributed by atoms with E-state index in [1.807, 2.05) is 20.0 Å². The van der Waals surface area contributed by atoms with Crippen molar-refractivity contribution in [2.24, 2.45) is 23.2 Å². The van der Waals surface area contributed by atoms with Gasteiger partial charge in [0.25, 0.3) is 0 Å².